The van der Waals surface area contributed by atoms with Crippen LogP contribution in [-0.2, 0) is 11.3 Å². The van der Waals surface area contributed by atoms with Crippen molar-refractivity contribution >= 4 is 5.91 Å². The monoisotopic (exact) mass is 410 g/mol. The third-order valence-corrected chi connectivity index (χ3v) is 6.13. The summed E-state index contributed by atoms with van der Waals surface area (Å²) in [5, 5.41) is 2.96. The van der Waals surface area contributed by atoms with Crippen molar-refractivity contribution in [2.75, 3.05) is 26.9 Å². The van der Waals surface area contributed by atoms with Crippen LogP contribution in [0.2, 0.25) is 0 Å². The van der Waals surface area contributed by atoms with Gasteiger partial charge >= 0.3 is 0 Å². The molecule has 0 saturated carbocycles. The van der Waals surface area contributed by atoms with Crippen molar-refractivity contribution in [2.24, 2.45) is 0 Å². The minimum Gasteiger partial charge on any atom is -0.496 e. The molecule has 1 atom stereocenters. The molecule has 2 aliphatic rings. The molecule has 1 amide bonds. The number of rotatable bonds is 6. The van der Waals surface area contributed by atoms with Crippen molar-refractivity contribution in [3.05, 3.63) is 53.1 Å². The molecule has 0 spiro atoms. The van der Waals surface area contributed by atoms with Crippen LogP contribution in [0.4, 0.5) is 0 Å². The fourth-order valence-electron chi connectivity index (χ4n) is 4.51. The van der Waals surface area contributed by atoms with Gasteiger partial charge in [-0.25, -0.2) is 9.97 Å². The van der Waals surface area contributed by atoms with Gasteiger partial charge in [0, 0.05) is 37.6 Å². The number of ether oxygens (including phenoxy) is 2. The van der Waals surface area contributed by atoms with Gasteiger partial charge < -0.3 is 14.8 Å². The molecule has 2 aliphatic heterocycles. The van der Waals surface area contributed by atoms with E-state index in [1.807, 2.05) is 31.2 Å². The highest BCUT2D eigenvalue weighted by atomic mass is 16.5. The SMILES string of the molecule is COc1ccccc1CNC(=O)c1cnc(C2CCCN2C2CCOCC2)nc1C. The maximum absolute atomic E-state index is 12.7. The second-order valence-corrected chi connectivity index (χ2v) is 7.96. The smallest absolute Gasteiger partial charge is 0.254 e. The Balaban J connectivity index is 1.44. The minimum absolute atomic E-state index is 0.169. The number of amides is 1. The molecule has 1 aromatic carbocycles. The van der Waals surface area contributed by atoms with Crippen molar-refractivity contribution < 1.29 is 14.3 Å². The lowest BCUT2D eigenvalue weighted by molar-refractivity contribution is 0.0278. The molecular weight excluding hydrogens is 380 g/mol. The third kappa shape index (κ3) is 4.47. The van der Waals surface area contributed by atoms with E-state index >= 15 is 0 Å². The summed E-state index contributed by atoms with van der Waals surface area (Å²) >= 11 is 0. The van der Waals surface area contributed by atoms with Gasteiger partial charge in [-0.15, -0.1) is 0 Å². The molecule has 0 aliphatic carbocycles. The van der Waals surface area contributed by atoms with E-state index in [-0.39, 0.29) is 11.9 Å². The summed E-state index contributed by atoms with van der Waals surface area (Å²) in [5.41, 5.74) is 2.17. The van der Waals surface area contributed by atoms with Gasteiger partial charge in [-0.2, -0.15) is 0 Å². The molecular formula is C23H30N4O3. The van der Waals surface area contributed by atoms with Gasteiger partial charge in [0.1, 0.15) is 11.6 Å². The number of carbonyl (C=O) groups excluding carboxylic acids is 1. The molecule has 160 valence electrons. The van der Waals surface area contributed by atoms with E-state index in [2.05, 4.69) is 15.2 Å². The predicted octanol–water partition coefficient (Wildman–Crippen LogP) is 3.04. The Hall–Kier alpha value is -2.51. The van der Waals surface area contributed by atoms with Crippen molar-refractivity contribution in [3.8, 4) is 5.75 Å². The summed E-state index contributed by atoms with van der Waals surface area (Å²) in [4.78, 5) is 24.6. The van der Waals surface area contributed by atoms with Crippen molar-refractivity contribution in [1.29, 1.82) is 0 Å². The Morgan fingerprint density at radius 1 is 1.27 bits per heavy atom. The molecule has 7 nitrogen and oxygen atoms in total. The average Bonchev–Trinajstić information content (AvgIpc) is 3.28. The molecule has 7 heteroatoms. The Kier molecular flexibility index (Phi) is 6.59. The van der Waals surface area contributed by atoms with Gasteiger partial charge in [0.2, 0.25) is 0 Å². The van der Waals surface area contributed by atoms with Crippen LogP contribution in [-0.4, -0.2) is 53.7 Å². The summed E-state index contributed by atoms with van der Waals surface area (Å²) in [5.74, 6) is 1.42. The quantitative estimate of drug-likeness (QED) is 0.789. The summed E-state index contributed by atoms with van der Waals surface area (Å²) in [6.45, 7) is 5.03. The van der Waals surface area contributed by atoms with Crippen LogP contribution < -0.4 is 10.1 Å². The van der Waals surface area contributed by atoms with Crippen molar-refractivity contribution in [1.82, 2.24) is 20.2 Å². The molecule has 1 unspecified atom stereocenters. The average molecular weight is 411 g/mol. The van der Waals surface area contributed by atoms with Crippen LogP contribution in [0.25, 0.3) is 0 Å². The largest absolute Gasteiger partial charge is 0.496 e. The molecule has 30 heavy (non-hydrogen) atoms. The van der Waals surface area contributed by atoms with Crippen LogP contribution in [0.3, 0.4) is 0 Å². The number of likely N-dealkylation sites (tertiary alicyclic amines) is 1. The fourth-order valence-corrected chi connectivity index (χ4v) is 4.51. The van der Waals surface area contributed by atoms with Gasteiger partial charge in [-0.05, 0) is 45.2 Å². The van der Waals surface area contributed by atoms with Gasteiger partial charge in [0.15, 0.2) is 0 Å². The number of carbonyl (C=O) groups is 1. The summed E-state index contributed by atoms with van der Waals surface area (Å²) in [6.07, 6.45) is 6.04. The zero-order chi connectivity index (χ0) is 20.9. The first-order chi connectivity index (χ1) is 14.7. The number of hydrogen-bond acceptors (Lipinski definition) is 6. The van der Waals surface area contributed by atoms with Crippen molar-refractivity contribution in [2.45, 2.75) is 51.2 Å². The molecule has 0 radical (unpaired) electrons. The van der Waals surface area contributed by atoms with E-state index in [0.29, 0.717) is 18.2 Å². The van der Waals surface area contributed by atoms with E-state index < -0.39 is 0 Å². The highest BCUT2D eigenvalue weighted by Gasteiger charge is 2.34. The highest BCUT2D eigenvalue weighted by molar-refractivity contribution is 5.94. The maximum Gasteiger partial charge on any atom is 0.254 e. The number of benzene rings is 1. The summed E-state index contributed by atoms with van der Waals surface area (Å²) in [6, 6.07) is 8.44. The first-order valence-electron chi connectivity index (χ1n) is 10.7. The first-order valence-corrected chi connectivity index (χ1v) is 10.7. The molecule has 4 rings (SSSR count). The van der Waals surface area contributed by atoms with E-state index in [1.165, 1.54) is 0 Å². The molecule has 2 aromatic rings. The van der Waals surface area contributed by atoms with Crippen LogP contribution >= 0.6 is 0 Å². The lowest BCUT2D eigenvalue weighted by Crippen LogP contribution is -2.39. The standard InChI is InChI=1S/C23H30N4O3/c1-16-19(23(28)25-14-17-6-3-4-8-21(17)29-2)15-24-22(26-16)20-7-5-11-27(20)18-9-12-30-13-10-18/h3-4,6,8,15,18,20H,5,7,9-14H2,1-2H3,(H,25,28). The lowest BCUT2D eigenvalue weighted by atomic mass is 10.1. The molecule has 1 aromatic heterocycles. The lowest BCUT2D eigenvalue weighted by Gasteiger charge is -2.34. The number of para-hydroxylation sites is 1. The van der Waals surface area contributed by atoms with E-state index in [1.54, 1.807) is 13.3 Å². The molecule has 2 fully saturated rings. The van der Waals surface area contributed by atoms with Crippen LogP contribution in [0.5, 0.6) is 5.75 Å². The van der Waals surface area contributed by atoms with Crippen LogP contribution in [0.1, 0.15) is 59.2 Å². The maximum atomic E-state index is 12.7. The minimum atomic E-state index is -0.169. The number of methoxy groups -OCH3 is 1. The van der Waals surface area contributed by atoms with Crippen LogP contribution in [0, 0.1) is 6.92 Å². The Morgan fingerprint density at radius 2 is 2.07 bits per heavy atom. The Morgan fingerprint density at radius 3 is 2.83 bits per heavy atom. The van der Waals surface area contributed by atoms with E-state index in [9.17, 15) is 4.79 Å². The van der Waals surface area contributed by atoms with E-state index in [4.69, 9.17) is 14.5 Å². The summed E-state index contributed by atoms with van der Waals surface area (Å²) in [7, 11) is 1.63. The fraction of sp³-hybridized carbons (Fsp3) is 0.522. The van der Waals surface area contributed by atoms with Crippen LogP contribution in [0.15, 0.2) is 30.5 Å². The van der Waals surface area contributed by atoms with Gasteiger partial charge in [0.05, 0.1) is 24.4 Å². The Bertz CT molecular complexity index is 883. The van der Waals surface area contributed by atoms with Gasteiger partial charge in [-0.3, -0.25) is 9.69 Å². The second-order valence-electron chi connectivity index (χ2n) is 7.96. The molecule has 2 saturated heterocycles. The first kappa shape index (κ1) is 20.8. The summed E-state index contributed by atoms with van der Waals surface area (Å²) < 4.78 is 10.9. The zero-order valence-electron chi connectivity index (χ0n) is 17.8. The molecule has 0 bridgehead atoms. The van der Waals surface area contributed by atoms with Gasteiger partial charge in [-0.1, -0.05) is 18.2 Å². The third-order valence-electron chi connectivity index (χ3n) is 6.13. The topological polar surface area (TPSA) is 76.6 Å². The predicted molar refractivity (Wildman–Crippen MR) is 113 cm³/mol. The zero-order valence-corrected chi connectivity index (χ0v) is 17.8. The highest BCUT2D eigenvalue weighted by Crippen LogP contribution is 2.34. The van der Waals surface area contributed by atoms with Gasteiger partial charge in [0.25, 0.3) is 5.91 Å². The number of hydrogen-bond donors (Lipinski definition) is 1. The number of nitrogens with one attached hydrogen (secondary N) is 1. The Labute approximate surface area is 177 Å². The van der Waals surface area contributed by atoms with Crippen molar-refractivity contribution in [3.63, 3.8) is 0 Å². The second kappa shape index (κ2) is 9.53. The number of aromatic nitrogens is 2. The number of aryl methyl sites for hydroxylation is 1. The van der Waals surface area contributed by atoms with E-state index in [0.717, 1.165) is 68.3 Å². The number of nitrogens with zero attached hydrogens (tertiary/aromatic N) is 3. The molecule has 3 heterocycles. The normalized spacial score (nSPS) is 20.3. The molecule has 1 N–H and O–H groups in total.